The van der Waals surface area contributed by atoms with Crippen LogP contribution in [0.4, 0.5) is 0 Å². The summed E-state index contributed by atoms with van der Waals surface area (Å²) < 4.78 is 0.780. The molecule has 2 N–H and O–H groups in total. The van der Waals surface area contributed by atoms with Gasteiger partial charge in [0, 0.05) is 13.0 Å². The zero-order valence-corrected chi connectivity index (χ0v) is 7.50. The third kappa shape index (κ3) is 2.94. The fraction of sp³-hybridized carbons (Fsp3) is 0.250. The Morgan fingerprint density at radius 1 is 1.55 bits per heavy atom. The summed E-state index contributed by atoms with van der Waals surface area (Å²) in [5.41, 5.74) is 5.27. The summed E-state index contributed by atoms with van der Waals surface area (Å²) in [6, 6.07) is 3.76. The van der Waals surface area contributed by atoms with Gasteiger partial charge in [-0.1, -0.05) is 23.4 Å². The average Bonchev–Trinajstić information content (AvgIpc) is 2.37. The van der Waals surface area contributed by atoms with Crippen molar-refractivity contribution in [3.63, 3.8) is 0 Å². The van der Waals surface area contributed by atoms with Crippen LogP contribution >= 0.6 is 22.9 Å². The van der Waals surface area contributed by atoms with Gasteiger partial charge in [-0.05, 0) is 12.1 Å². The Hall–Kier alpha value is -0.490. The van der Waals surface area contributed by atoms with Gasteiger partial charge in [-0.15, -0.1) is 11.3 Å². The first-order valence-electron chi connectivity index (χ1n) is 3.27. The zero-order chi connectivity index (χ0) is 8.10. The minimum atomic E-state index is 0.617. The molecule has 0 saturated carbocycles. The summed E-state index contributed by atoms with van der Waals surface area (Å²) in [7, 11) is 0. The Kier molecular flexibility index (Phi) is 3.44. The largest absolute Gasteiger partial charge is 0.330 e. The van der Waals surface area contributed by atoms with Crippen molar-refractivity contribution in [1.82, 2.24) is 0 Å². The van der Waals surface area contributed by atoms with Gasteiger partial charge in [0.1, 0.15) is 0 Å². The lowest BCUT2D eigenvalue weighted by molar-refractivity contribution is 1.03. The molecule has 0 fully saturated rings. The van der Waals surface area contributed by atoms with Crippen LogP contribution in [-0.2, 0) is 0 Å². The number of nitrogens with two attached hydrogens (primary N) is 1. The van der Waals surface area contributed by atoms with Crippen LogP contribution in [0.2, 0.25) is 4.34 Å². The summed E-state index contributed by atoms with van der Waals surface area (Å²) >= 11 is 7.19. The fourth-order valence-electron chi connectivity index (χ4n) is 0.603. The fourth-order valence-corrected chi connectivity index (χ4v) is 1.52. The molecular formula is C8H8ClNS. The Morgan fingerprint density at radius 3 is 2.91 bits per heavy atom. The van der Waals surface area contributed by atoms with Crippen molar-refractivity contribution in [3.8, 4) is 11.8 Å². The van der Waals surface area contributed by atoms with Crippen molar-refractivity contribution < 1.29 is 0 Å². The first-order valence-corrected chi connectivity index (χ1v) is 4.46. The van der Waals surface area contributed by atoms with E-state index in [9.17, 15) is 0 Å². The van der Waals surface area contributed by atoms with Crippen molar-refractivity contribution in [1.29, 1.82) is 0 Å². The standard InChI is InChI=1S/C8H8ClNS/c9-8-5-4-7(11-8)3-1-2-6-10/h4-5H,2,6,10H2. The zero-order valence-electron chi connectivity index (χ0n) is 5.93. The van der Waals surface area contributed by atoms with E-state index >= 15 is 0 Å². The smallest absolute Gasteiger partial charge is 0.0941 e. The van der Waals surface area contributed by atoms with Gasteiger partial charge in [0.25, 0.3) is 0 Å². The van der Waals surface area contributed by atoms with Gasteiger partial charge in [-0.2, -0.15) is 0 Å². The Labute approximate surface area is 75.2 Å². The van der Waals surface area contributed by atoms with Crippen molar-refractivity contribution in [2.45, 2.75) is 6.42 Å². The maximum atomic E-state index is 5.70. The van der Waals surface area contributed by atoms with E-state index in [1.807, 2.05) is 12.1 Å². The maximum absolute atomic E-state index is 5.70. The first-order chi connectivity index (χ1) is 5.33. The van der Waals surface area contributed by atoms with E-state index in [0.717, 1.165) is 15.6 Å². The molecular weight excluding hydrogens is 178 g/mol. The number of thiophene rings is 1. The maximum Gasteiger partial charge on any atom is 0.0941 e. The molecule has 0 aliphatic carbocycles. The number of halogens is 1. The molecule has 0 atom stereocenters. The molecule has 3 heteroatoms. The number of hydrogen-bond acceptors (Lipinski definition) is 2. The molecule has 0 amide bonds. The highest BCUT2D eigenvalue weighted by Crippen LogP contribution is 2.20. The molecule has 0 aliphatic heterocycles. The molecule has 1 rings (SSSR count). The van der Waals surface area contributed by atoms with Gasteiger partial charge >= 0.3 is 0 Å². The van der Waals surface area contributed by atoms with Crippen LogP contribution in [-0.4, -0.2) is 6.54 Å². The molecule has 0 saturated heterocycles. The molecule has 0 bridgehead atoms. The van der Waals surface area contributed by atoms with Crippen LogP contribution in [0, 0.1) is 11.8 Å². The number of hydrogen-bond donors (Lipinski definition) is 1. The third-order valence-corrected chi connectivity index (χ3v) is 2.20. The van der Waals surface area contributed by atoms with Crippen LogP contribution in [0.3, 0.4) is 0 Å². The molecule has 0 aromatic carbocycles. The van der Waals surface area contributed by atoms with Gasteiger partial charge in [0.05, 0.1) is 9.21 Å². The molecule has 0 aliphatic rings. The second-order valence-corrected chi connectivity index (χ2v) is 3.66. The Bertz CT molecular complexity index is 282. The summed E-state index contributed by atoms with van der Waals surface area (Å²) in [4.78, 5) is 1.00. The monoisotopic (exact) mass is 185 g/mol. The highest BCUT2D eigenvalue weighted by Gasteiger charge is 1.91. The lowest BCUT2D eigenvalue weighted by Crippen LogP contribution is -1.95. The van der Waals surface area contributed by atoms with E-state index in [0.29, 0.717) is 6.54 Å². The van der Waals surface area contributed by atoms with Crippen molar-refractivity contribution >= 4 is 22.9 Å². The highest BCUT2D eigenvalue weighted by atomic mass is 35.5. The normalized spacial score (nSPS) is 8.91. The van der Waals surface area contributed by atoms with Crippen LogP contribution in [0.5, 0.6) is 0 Å². The molecule has 58 valence electrons. The van der Waals surface area contributed by atoms with Gasteiger partial charge in [-0.3, -0.25) is 0 Å². The summed E-state index contributed by atoms with van der Waals surface area (Å²) in [5, 5.41) is 0. The van der Waals surface area contributed by atoms with Crippen molar-refractivity contribution in [2.24, 2.45) is 5.73 Å². The molecule has 1 aromatic rings. The van der Waals surface area contributed by atoms with E-state index in [2.05, 4.69) is 11.8 Å². The first kappa shape index (κ1) is 8.61. The molecule has 0 spiro atoms. The topological polar surface area (TPSA) is 26.0 Å². The minimum absolute atomic E-state index is 0.617. The highest BCUT2D eigenvalue weighted by molar-refractivity contribution is 7.16. The molecule has 0 unspecified atom stereocenters. The molecule has 1 heterocycles. The van der Waals surface area contributed by atoms with E-state index in [4.69, 9.17) is 17.3 Å². The average molecular weight is 186 g/mol. The van der Waals surface area contributed by atoms with Crippen molar-refractivity contribution in [3.05, 3.63) is 21.3 Å². The van der Waals surface area contributed by atoms with Gasteiger partial charge in [0.2, 0.25) is 0 Å². The summed E-state index contributed by atoms with van der Waals surface area (Å²) in [6.07, 6.45) is 0.746. The third-order valence-electron chi connectivity index (χ3n) is 1.05. The second kappa shape index (κ2) is 4.40. The summed E-state index contributed by atoms with van der Waals surface area (Å²) in [6.45, 7) is 0.617. The van der Waals surface area contributed by atoms with Gasteiger partial charge in [-0.25, -0.2) is 0 Å². The molecule has 0 radical (unpaired) electrons. The molecule has 1 aromatic heterocycles. The van der Waals surface area contributed by atoms with Gasteiger partial charge in [0.15, 0.2) is 0 Å². The van der Waals surface area contributed by atoms with Crippen LogP contribution in [0.15, 0.2) is 12.1 Å². The van der Waals surface area contributed by atoms with E-state index in [1.165, 1.54) is 11.3 Å². The van der Waals surface area contributed by atoms with E-state index < -0.39 is 0 Å². The quantitative estimate of drug-likeness (QED) is 0.667. The molecule has 1 nitrogen and oxygen atoms in total. The van der Waals surface area contributed by atoms with Gasteiger partial charge < -0.3 is 5.73 Å². The lowest BCUT2D eigenvalue weighted by Gasteiger charge is -1.78. The van der Waals surface area contributed by atoms with Crippen LogP contribution in [0.1, 0.15) is 11.3 Å². The van der Waals surface area contributed by atoms with E-state index in [1.54, 1.807) is 0 Å². The predicted octanol–water partition coefficient (Wildman–Crippen LogP) is 2.10. The Morgan fingerprint density at radius 2 is 2.36 bits per heavy atom. The Balaban J connectivity index is 2.59. The van der Waals surface area contributed by atoms with Crippen LogP contribution in [0.25, 0.3) is 0 Å². The second-order valence-electron chi connectivity index (χ2n) is 1.94. The lowest BCUT2D eigenvalue weighted by atomic mass is 10.4. The minimum Gasteiger partial charge on any atom is -0.330 e. The summed E-state index contributed by atoms with van der Waals surface area (Å²) in [5.74, 6) is 5.91. The molecule has 11 heavy (non-hydrogen) atoms. The van der Waals surface area contributed by atoms with Crippen LogP contribution < -0.4 is 5.73 Å². The SMILES string of the molecule is NCCC#Cc1ccc(Cl)s1. The number of rotatable bonds is 1. The predicted molar refractivity (Wildman–Crippen MR) is 49.9 cm³/mol. The van der Waals surface area contributed by atoms with Crippen molar-refractivity contribution in [2.75, 3.05) is 6.54 Å². The van der Waals surface area contributed by atoms with E-state index in [-0.39, 0.29) is 0 Å².